The van der Waals surface area contributed by atoms with Crippen molar-refractivity contribution in [3.05, 3.63) is 42.5 Å². The fourth-order valence-corrected chi connectivity index (χ4v) is 1.44. The maximum absolute atomic E-state index is 11.9. The molecule has 1 amide bonds. The zero-order valence-electron chi connectivity index (χ0n) is 9.75. The minimum absolute atomic E-state index is 0.279. The molecule has 2 aromatic rings. The summed E-state index contributed by atoms with van der Waals surface area (Å²) < 4.78 is 5.02. The van der Waals surface area contributed by atoms with E-state index in [4.69, 9.17) is 10.5 Å². The van der Waals surface area contributed by atoms with Crippen LogP contribution in [0.5, 0.6) is 5.75 Å². The molecule has 6 nitrogen and oxygen atoms in total. The summed E-state index contributed by atoms with van der Waals surface area (Å²) in [6, 6.07) is 4.83. The third-order valence-corrected chi connectivity index (χ3v) is 2.31. The predicted octanol–water partition coefficient (Wildman–Crippen LogP) is 1.32. The van der Waals surface area contributed by atoms with E-state index in [0.29, 0.717) is 22.7 Å². The van der Waals surface area contributed by atoms with Gasteiger partial charge in [-0.2, -0.15) is 0 Å². The number of rotatable bonds is 3. The van der Waals surface area contributed by atoms with Gasteiger partial charge in [0.15, 0.2) is 0 Å². The van der Waals surface area contributed by atoms with E-state index in [-0.39, 0.29) is 5.91 Å². The Morgan fingerprint density at radius 1 is 1.33 bits per heavy atom. The average Bonchev–Trinajstić information content (AvgIpc) is 2.39. The SMILES string of the molecule is COc1ccc(C(=O)Nc2cncnc2)cc1N. The van der Waals surface area contributed by atoms with Crippen LogP contribution in [0.2, 0.25) is 0 Å². The van der Waals surface area contributed by atoms with Gasteiger partial charge in [0.2, 0.25) is 0 Å². The molecular formula is C12H12N4O2. The zero-order chi connectivity index (χ0) is 13.0. The molecule has 0 radical (unpaired) electrons. The van der Waals surface area contributed by atoms with Crippen LogP contribution >= 0.6 is 0 Å². The van der Waals surface area contributed by atoms with Crippen molar-refractivity contribution in [2.24, 2.45) is 0 Å². The Morgan fingerprint density at radius 3 is 2.67 bits per heavy atom. The predicted molar refractivity (Wildman–Crippen MR) is 67.4 cm³/mol. The highest BCUT2D eigenvalue weighted by Gasteiger charge is 2.08. The van der Waals surface area contributed by atoms with Gasteiger partial charge < -0.3 is 15.8 Å². The molecule has 18 heavy (non-hydrogen) atoms. The number of nitrogens with two attached hydrogens (primary N) is 1. The largest absolute Gasteiger partial charge is 0.495 e. The summed E-state index contributed by atoms with van der Waals surface area (Å²) in [5.41, 5.74) is 7.11. The first-order chi connectivity index (χ1) is 8.70. The number of hydrogen-bond acceptors (Lipinski definition) is 5. The van der Waals surface area contributed by atoms with Crippen molar-refractivity contribution in [1.82, 2.24) is 9.97 Å². The molecule has 0 bridgehead atoms. The summed E-state index contributed by atoms with van der Waals surface area (Å²) in [6.07, 6.45) is 4.41. The highest BCUT2D eigenvalue weighted by Crippen LogP contribution is 2.22. The van der Waals surface area contributed by atoms with Gasteiger partial charge in [0.1, 0.15) is 12.1 Å². The van der Waals surface area contributed by atoms with E-state index in [1.807, 2.05) is 0 Å². The van der Waals surface area contributed by atoms with Crippen molar-refractivity contribution < 1.29 is 9.53 Å². The molecule has 1 aromatic heterocycles. The summed E-state index contributed by atoms with van der Waals surface area (Å²) in [5, 5.41) is 2.66. The molecule has 3 N–H and O–H groups in total. The smallest absolute Gasteiger partial charge is 0.255 e. The number of benzene rings is 1. The fraction of sp³-hybridized carbons (Fsp3) is 0.0833. The van der Waals surface area contributed by atoms with Crippen LogP contribution in [0.15, 0.2) is 36.9 Å². The molecular weight excluding hydrogens is 232 g/mol. The van der Waals surface area contributed by atoms with Crippen molar-refractivity contribution in [3.63, 3.8) is 0 Å². The standard InChI is InChI=1S/C12H12N4O2/c1-18-11-3-2-8(4-10(11)13)12(17)16-9-5-14-7-15-6-9/h2-7H,13H2,1H3,(H,16,17). The van der Waals surface area contributed by atoms with Crippen LogP contribution in [-0.4, -0.2) is 23.0 Å². The van der Waals surface area contributed by atoms with E-state index in [1.54, 1.807) is 18.2 Å². The van der Waals surface area contributed by atoms with E-state index in [0.717, 1.165) is 0 Å². The Labute approximate surface area is 104 Å². The summed E-state index contributed by atoms with van der Waals surface area (Å²) in [4.78, 5) is 19.5. The van der Waals surface area contributed by atoms with E-state index in [9.17, 15) is 4.79 Å². The van der Waals surface area contributed by atoms with Crippen molar-refractivity contribution >= 4 is 17.3 Å². The number of anilines is 2. The monoisotopic (exact) mass is 244 g/mol. The van der Waals surface area contributed by atoms with Gasteiger partial charge in [-0.15, -0.1) is 0 Å². The van der Waals surface area contributed by atoms with Crippen molar-refractivity contribution in [1.29, 1.82) is 0 Å². The molecule has 0 saturated heterocycles. The number of carbonyl (C=O) groups is 1. The average molecular weight is 244 g/mol. The number of carbonyl (C=O) groups excluding carboxylic acids is 1. The Hall–Kier alpha value is -2.63. The molecule has 0 saturated carbocycles. The number of aromatic nitrogens is 2. The Kier molecular flexibility index (Phi) is 3.38. The zero-order valence-corrected chi connectivity index (χ0v) is 9.75. The van der Waals surface area contributed by atoms with Crippen LogP contribution in [0.3, 0.4) is 0 Å². The highest BCUT2D eigenvalue weighted by molar-refractivity contribution is 6.04. The summed E-state index contributed by atoms with van der Waals surface area (Å²) in [5.74, 6) is 0.258. The quantitative estimate of drug-likeness (QED) is 0.795. The summed E-state index contributed by atoms with van der Waals surface area (Å²) in [7, 11) is 1.52. The van der Waals surface area contributed by atoms with Crippen LogP contribution in [0.1, 0.15) is 10.4 Å². The number of hydrogen-bond donors (Lipinski definition) is 2. The van der Waals surface area contributed by atoms with Gasteiger partial charge in [0.25, 0.3) is 5.91 Å². The second kappa shape index (κ2) is 5.13. The van der Waals surface area contributed by atoms with Crippen LogP contribution in [0.25, 0.3) is 0 Å². The normalized spacial score (nSPS) is 9.83. The summed E-state index contributed by atoms with van der Waals surface area (Å²) >= 11 is 0. The second-order valence-electron chi connectivity index (χ2n) is 3.54. The first-order valence-corrected chi connectivity index (χ1v) is 5.20. The molecule has 2 rings (SSSR count). The molecule has 0 aliphatic heterocycles. The summed E-state index contributed by atoms with van der Waals surface area (Å²) in [6.45, 7) is 0. The second-order valence-corrected chi connectivity index (χ2v) is 3.54. The van der Waals surface area contributed by atoms with E-state index >= 15 is 0 Å². The van der Waals surface area contributed by atoms with Gasteiger partial charge in [0, 0.05) is 5.56 Å². The number of nitrogens with zero attached hydrogens (tertiary/aromatic N) is 2. The minimum Gasteiger partial charge on any atom is -0.495 e. The molecule has 6 heteroatoms. The van der Waals surface area contributed by atoms with Gasteiger partial charge >= 0.3 is 0 Å². The van der Waals surface area contributed by atoms with Gasteiger partial charge in [-0.3, -0.25) is 4.79 Å². The molecule has 0 spiro atoms. The number of amides is 1. The first kappa shape index (κ1) is 11.8. The molecule has 0 fully saturated rings. The van der Waals surface area contributed by atoms with Crippen molar-refractivity contribution in [2.45, 2.75) is 0 Å². The van der Waals surface area contributed by atoms with Crippen molar-refractivity contribution in [3.8, 4) is 5.75 Å². The van der Waals surface area contributed by atoms with Crippen LogP contribution in [-0.2, 0) is 0 Å². The molecule has 0 unspecified atom stereocenters. The van der Waals surface area contributed by atoms with E-state index in [2.05, 4.69) is 15.3 Å². The lowest BCUT2D eigenvalue weighted by atomic mass is 10.1. The maximum Gasteiger partial charge on any atom is 0.255 e. The molecule has 92 valence electrons. The Bertz CT molecular complexity index is 557. The lowest BCUT2D eigenvalue weighted by Gasteiger charge is -2.07. The number of nitrogen functional groups attached to an aromatic ring is 1. The lowest BCUT2D eigenvalue weighted by Crippen LogP contribution is -2.12. The Balaban J connectivity index is 2.17. The number of ether oxygens (including phenoxy) is 1. The molecule has 0 aliphatic carbocycles. The molecule has 0 atom stereocenters. The Morgan fingerprint density at radius 2 is 2.06 bits per heavy atom. The van der Waals surface area contributed by atoms with Crippen LogP contribution in [0.4, 0.5) is 11.4 Å². The molecule has 1 heterocycles. The van der Waals surface area contributed by atoms with E-state index in [1.165, 1.54) is 25.8 Å². The number of methoxy groups -OCH3 is 1. The highest BCUT2D eigenvalue weighted by atomic mass is 16.5. The topological polar surface area (TPSA) is 90.1 Å². The van der Waals surface area contributed by atoms with Crippen LogP contribution < -0.4 is 15.8 Å². The third-order valence-electron chi connectivity index (χ3n) is 2.31. The van der Waals surface area contributed by atoms with Gasteiger partial charge in [0.05, 0.1) is 30.9 Å². The maximum atomic E-state index is 11.9. The number of nitrogens with one attached hydrogen (secondary N) is 1. The van der Waals surface area contributed by atoms with E-state index < -0.39 is 0 Å². The van der Waals surface area contributed by atoms with Gasteiger partial charge in [-0.25, -0.2) is 9.97 Å². The molecule has 1 aromatic carbocycles. The fourth-order valence-electron chi connectivity index (χ4n) is 1.44. The van der Waals surface area contributed by atoms with Crippen LogP contribution in [0, 0.1) is 0 Å². The lowest BCUT2D eigenvalue weighted by molar-refractivity contribution is 0.102. The first-order valence-electron chi connectivity index (χ1n) is 5.20. The molecule has 0 aliphatic rings. The van der Waals surface area contributed by atoms with Gasteiger partial charge in [-0.1, -0.05) is 0 Å². The minimum atomic E-state index is -0.279. The van der Waals surface area contributed by atoms with Crippen molar-refractivity contribution in [2.75, 3.05) is 18.2 Å². The van der Waals surface area contributed by atoms with Gasteiger partial charge in [-0.05, 0) is 18.2 Å². The third kappa shape index (κ3) is 2.54.